The van der Waals surface area contributed by atoms with Crippen LogP contribution in [0.1, 0.15) is 20.3 Å². The molecular weight excluding hydrogens is 174 g/mol. The molecule has 2 saturated heterocycles. The maximum atomic E-state index is 3.42. The molecule has 3 nitrogen and oxygen atoms in total. The van der Waals surface area contributed by atoms with Crippen molar-refractivity contribution in [1.82, 2.24) is 15.1 Å². The van der Waals surface area contributed by atoms with E-state index >= 15 is 0 Å². The first-order valence-corrected chi connectivity index (χ1v) is 5.96. The van der Waals surface area contributed by atoms with Gasteiger partial charge in [0.25, 0.3) is 0 Å². The van der Waals surface area contributed by atoms with E-state index in [2.05, 4.69) is 29.0 Å². The number of nitrogens with zero attached hydrogens (tertiary/aromatic N) is 2. The summed E-state index contributed by atoms with van der Waals surface area (Å²) in [4.78, 5) is 5.27. The molecule has 3 heteroatoms. The van der Waals surface area contributed by atoms with Crippen LogP contribution >= 0.6 is 0 Å². The van der Waals surface area contributed by atoms with Crippen LogP contribution < -0.4 is 5.32 Å². The summed E-state index contributed by atoms with van der Waals surface area (Å²) in [6, 6.07) is 1.56. The third-order valence-electron chi connectivity index (χ3n) is 3.59. The molecule has 0 radical (unpaired) electrons. The van der Waals surface area contributed by atoms with Crippen molar-refractivity contribution in [1.29, 1.82) is 0 Å². The molecule has 82 valence electrons. The lowest BCUT2D eigenvalue weighted by Crippen LogP contribution is -2.49. The summed E-state index contributed by atoms with van der Waals surface area (Å²) >= 11 is 0. The molecule has 0 aliphatic carbocycles. The Morgan fingerprint density at radius 3 is 2.43 bits per heavy atom. The predicted octanol–water partition coefficient (Wildman–Crippen LogP) is 0.374. The van der Waals surface area contributed by atoms with Crippen LogP contribution in [0, 0.1) is 0 Å². The molecule has 0 aromatic rings. The lowest BCUT2D eigenvalue weighted by Gasteiger charge is -2.33. The Labute approximate surface area is 87.4 Å². The molecule has 0 bridgehead atoms. The van der Waals surface area contributed by atoms with E-state index in [1.807, 2.05) is 0 Å². The van der Waals surface area contributed by atoms with Gasteiger partial charge in [0.05, 0.1) is 0 Å². The molecule has 2 heterocycles. The van der Waals surface area contributed by atoms with Gasteiger partial charge in [0, 0.05) is 51.4 Å². The van der Waals surface area contributed by atoms with Crippen molar-refractivity contribution >= 4 is 0 Å². The minimum absolute atomic E-state index is 0.725. The van der Waals surface area contributed by atoms with Gasteiger partial charge in [0.2, 0.25) is 0 Å². The molecule has 1 N–H and O–H groups in total. The topological polar surface area (TPSA) is 18.5 Å². The number of hydrogen-bond acceptors (Lipinski definition) is 3. The molecule has 0 spiro atoms. The van der Waals surface area contributed by atoms with Gasteiger partial charge in [-0.25, -0.2) is 0 Å². The van der Waals surface area contributed by atoms with Gasteiger partial charge in [0.1, 0.15) is 0 Å². The summed E-state index contributed by atoms with van der Waals surface area (Å²) in [6.07, 6.45) is 1.37. The first-order valence-electron chi connectivity index (χ1n) is 5.96. The summed E-state index contributed by atoms with van der Waals surface area (Å²) in [7, 11) is 0. The summed E-state index contributed by atoms with van der Waals surface area (Å²) in [5.74, 6) is 0. The molecule has 0 amide bonds. The summed E-state index contributed by atoms with van der Waals surface area (Å²) in [5.41, 5.74) is 0. The van der Waals surface area contributed by atoms with E-state index in [4.69, 9.17) is 0 Å². The zero-order valence-electron chi connectivity index (χ0n) is 9.50. The van der Waals surface area contributed by atoms with Gasteiger partial charge in [-0.05, 0) is 20.3 Å². The van der Waals surface area contributed by atoms with Gasteiger partial charge in [-0.15, -0.1) is 0 Å². The number of likely N-dealkylation sites (tertiary alicyclic amines) is 1. The van der Waals surface area contributed by atoms with Crippen molar-refractivity contribution in [2.45, 2.75) is 32.4 Å². The van der Waals surface area contributed by atoms with E-state index < -0.39 is 0 Å². The normalized spacial score (nSPS) is 31.5. The number of hydrogen-bond donors (Lipinski definition) is 1. The van der Waals surface area contributed by atoms with Crippen molar-refractivity contribution in [2.75, 3.05) is 39.3 Å². The van der Waals surface area contributed by atoms with Crippen LogP contribution in [-0.4, -0.2) is 61.2 Å². The Balaban J connectivity index is 1.82. The fraction of sp³-hybridized carbons (Fsp3) is 1.00. The van der Waals surface area contributed by atoms with Gasteiger partial charge in [0.15, 0.2) is 0 Å². The Morgan fingerprint density at radius 2 is 1.86 bits per heavy atom. The quantitative estimate of drug-likeness (QED) is 0.690. The van der Waals surface area contributed by atoms with Crippen molar-refractivity contribution < 1.29 is 0 Å². The number of rotatable bonds is 2. The Kier molecular flexibility index (Phi) is 3.42. The van der Waals surface area contributed by atoms with Crippen LogP contribution in [0.3, 0.4) is 0 Å². The second kappa shape index (κ2) is 4.60. The van der Waals surface area contributed by atoms with Gasteiger partial charge < -0.3 is 5.32 Å². The SMILES string of the molecule is CC(C)N1CC[C@H](N2CCNCC2)C1. The monoisotopic (exact) mass is 197 g/mol. The molecule has 2 fully saturated rings. The summed E-state index contributed by atoms with van der Waals surface area (Å²) in [6.45, 7) is 12.0. The van der Waals surface area contributed by atoms with Gasteiger partial charge in [-0.3, -0.25) is 9.80 Å². The summed E-state index contributed by atoms with van der Waals surface area (Å²) < 4.78 is 0. The first kappa shape index (κ1) is 10.4. The van der Waals surface area contributed by atoms with E-state index in [9.17, 15) is 0 Å². The van der Waals surface area contributed by atoms with Gasteiger partial charge >= 0.3 is 0 Å². The molecule has 2 rings (SSSR count). The highest BCUT2D eigenvalue weighted by Gasteiger charge is 2.29. The lowest BCUT2D eigenvalue weighted by molar-refractivity contribution is 0.165. The van der Waals surface area contributed by atoms with Gasteiger partial charge in [-0.2, -0.15) is 0 Å². The molecule has 0 aromatic heterocycles. The van der Waals surface area contributed by atoms with Crippen LogP contribution in [0.2, 0.25) is 0 Å². The molecule has 0 aromatic carbocycles. The summed E-state index contributed by atoms with van der Waals surface area (Å²) in [5, 5.41) is 3.42. The predicted molar refractivity (Wildman–Crippen MR) is 59.6 cm³/mol. The first-order chi connectivity index (χ1) is 6.77. The Bertz CT molecular complexity index is 175. The van der Waals surface area contributed by atoms with Crippen molar-refractivity contribution in [3.05, 3.63) is 0 Å². The maximum absolute atomic E-state index is 3.42. The average Bonchev–Trinajstić information content (AvgIpc) is 2.68. The Morgan fingerprint density at radius 1 is 1.14 bits per heavy atom. The van der Waals surface area contributed by atoms with Crippen molar-refractivity contribution in [3.8, 4) is 0 Å². The van der Waals surface area contributed by atoms with E-state index in [0.717, 1.165) is 12.1 Å². The highest BCUT2D eigenvalue weighted by Crippen LogP contribution is 2.17. The number of nitrogens with one attached hydrogen (secondary N) is 1. The average molecular weight is 197 g/mol. The molecule has 14 heavy (non-hydrogen) atoms. The number of piperazine rings is 1. The molecule has 2 aliphatic heterocycles. The van der Waals surface area contributed by atoms with Crippen LogP contribution in [0.15, 0.2) is 0 Å². The zero-order chi connectivity index (χ0) is 9.97. The minimum atomic E-state index is 0.725. The highest BCUT2D eigenvalue weighted by atomic mass is 15.3. The highest BCUT2D eigenvalue weighted by molar-refractivity contribution is 4.86. The van der Waals surface area contributed by atoms with Crippen LogP contribution in [0.25, 0.3) is 0 Å². The standard InChI is InChI=1S/C11H23N3/c1-10(2)14-6-3-11(9-14)13-7-4-12-5-8-13/h10-12H,3-9H2,1-2H3/t11-/m0/s1. The maximum Gasteiger partial charge on any atom is 0.0236 e. The molecule has 0 saturated carbocycles. The largest absolute Gasteiger partial charge is 0.314 e. The van der Waals surface area contributed by atoms with E-state index in [1.54, 1.807) is 0 Å². The Hall–Kier alpha value is -0.120. The second-order valence-electron chi connectivity index (χ2n) is 4.82. The van der Waals surface area contributed by atoms with E-state index in [0.29, 0.717) is 0 Å². The third kappa shape index (κ3) is 2.27. The molecule has 1 atom stereocenters. The second-order valence-corrected chi connectivity index (χ2v) is 4.82. The minimum Gasteiger partial charge on any atom is -0.314 e. The van der Waals surface area contributed by atoms with Crippen molar-refractivity contribution in [2.24, 2.45) is 0 Å². The zero-order valence-corrected chi connectivity index (χ0v) is 9.50. The molecular formula is C11H23N3. The lowest BCUT2D eigenvalue weighted by atomic mass is 10.2. The fourth-order valence-electron chi connectivity index (χ4n) is 2.58. The van der Waals surface area contributed by atoms with Crippen molar-refractivity contribution in [3.63, 3.8) is 0 Å². The molecule has 2 aliphatic rings. The van der Waals surface area contributed by atoms with Crippen LogP contribution in [-0.2, 0) is 0 Å². The van der Waals surface area contributed by atoms with Crippen LogP contribution in [0.5, 0.6) is 0 Å². The fourth-order valence-corrected chi connectivity index (χ4v) is 2.58. The van der Waals surface area contributed by atoms with Gasteiger partial charge in [-0.1, -0.05) is 0 Å². The van der Waals surface area contributed by atoms with E-state index in [-0.39, 0.29) is 0 Å². The van der Waals surface area contributed by atoms with E-state index in [1.165, 1.54) is 45.7 Å². The third-order valence-corrected chi connectivity index (χ3v) is 3.59. The smallest absolute Gasteiger partial charge is 0.0236 e. The molecule has 0 unspecified atom stereocenters. The van der Waals surface area contributed by atoms with Crippen LogP contribution in [0.4, 0.5) is 0 Å².